The number of anilines is 3. The van der Waals surface area contributed by atoms with Crippen molar-refractivity contribution < 1.29 is 4.74 Å². The highest BCUT2D eigenvalue weighted by molar-refractivity contribution is 5.95. The van der Waals surface area contributed by atoms with E-state index in [0.29, 0.717) is 17.4 Å². The Hall–Kier alpha value is -4.31. The quantitative estimate of drug-likeness (QED) is 0.390. The zero-order valence-corrected chi connectivity index (χ0v) is 20.5. The fraction of sp³-hybridized carbons (Fsp3) is 0.269. The van der Waals surface area contributed by atoms with Crippen LogP contribution in [0.2, 0.25) is 0 Å². The van der Waals surface area contributed by atoms with E-state index in [-0.39, 0.29) is 0 Å². The molecule has 1 aliphatic heterocycles. The number of piperazine rings is 1. The Kier molecular flexibility index (Phi) is 5.57. The van der Waals surface area contributed by atoms with Gasteiger partial charge >= 0.3 is 0 Å². The number of methoxy groups -OCH3 is 1. The maximum absolute atomic E-state index is 5.62. The molecular weight excluding hydrogens is 454 g/mol. The molecule has 2 N–H and O–H groups in total. The third kappa shape index (κ3) is 3.95. The Morgan fingerprint density at radius 3 is 2.72 bits per heavy atom. The van der Waals surface area contributed by atoms with Crippen LogP contribution < -0.4 is 20.3 Å². The first-order valence-corrected chi connectivity index (χ1v) is 11.9. The molecule has 0 aliphatic carbocycles. The van der Waals surface area contributed by atoms with Gasteiger partial charge in [0.25, 0.3) is 0 Å². The molecule has 1 fully saturated rings. The van der Waals surface area contributed by atoms with Crippen molar-refractivity contribution in [3.05, 3.63) is 54.6 Å². The number of nitrogens with one attached hydrogen (secondary N) is 2. The number of hydrogen-bond donors (Lipinski definition) is 2. The second kappa shape index (κ2) is 9.04. The van der Waals surface area contributed by atoms with Gasteiger partial charge in [0.15, 0.2) is 5.82 Å². The molecule has 4 aromatic heterocycles. The summed E-state index contributed by atoms with van der Waals surface area (Å²) in [5.74, 6) is 2.85. The van der Waals surface area contributed by atoms with Gasteiger partial charge in [-0.1, -0.05) is 0 Å². The monoisotopic (exact) mass is 481 g/mol. The summed E-state index contributed by atoms with van der Waals surface area (Å²) in [4.78, 5) is 21.0. The van der Waals surface area contributed by atoms with Crippen LogP contribution in [0.1, 0.15) is 5.69 Å². The number of fused-ring (bicyclic) bond motifs is 2. The van der Waals surface area contributed by atoms with Crippen molar-refractivity contribution in [1.29, 1.82) is 0 Å². The maximum Gasteiger partial charge on any atom is 0.162 e. The van der Waals surface area contributed by atoms with E-state index in [9.17, 15) is 0 Å². The van der Waals surface area contributed by atoms with E-state index in [1.54, 1.807) is 25.7 Å². The zero-order valence-electron chi connectivity index (χ0n) is 20.5. The lowest BCUT2D eigenvalue weighted by molar-refractivity contribution is 0.418. The van der Waals surface area contributed by atoms with Crippen molar-refractivity contribution in [3.63, 3.8) is 0 Å². The summed E-state index contributed by atoms with van der Waals surface area (Å²) in [5, 5.41) is 13.4. The predicted molar refractivity (Wildman–Crippen MR) is 141 cm³/mol. The molecule has 0 radical (unpaired) electrons. The fourth-order valence-corrected chi connectivity index (χ4v) is 4.62. The molecule has 5 heterocycles. The molecule has 36 heavy (non-hydrogen) atoms. The van der Waals surface area contributed by atoms with Crippen LogP contribution in [-0.2, 0) is 7.05 Å². The van der Waals surface area contributed by atoms with Crippen LogP contribution in [0, 0.1) is 6.92 Å². The number of aryl methyl sites for hydroxylation is 2. The smallest absolute Gasteiger partial charge is 0.162 e. The van der Waals surface area contributed by atoms with Gasteiger partial charge in [-0.15, -0.1) is 0 Å². The summed E-state index contributed by atoms with van der Waals surface area (Å²) in [6.45, 7) is 5.58. The molecule has 1 aliphatic rings. The first-order valence-electron chi connectivity index (χ1n) is 11.9. The molecule has 182 valence electrons. The highest BCUT2D eigenvalue weighted by Crippen LogP contribution is 2.34. The van der Waals surface area contributed by atoms with Crippen LogP contribution in [0.5, 0.6) is 5.75 Å². The van der Waals surface area contributed by atoms with Crippen LogP contribution in [0.25, 0.3) is 33.2 Å². The van der Waals surface area contributed by atoms with Gasteiger partial charge in [0.05, 0.1) is 35.9 Å². The van der Waals surface area contributed by atoms with Gasteiger partial charge in [-0.05, 0) is 37.3 Å². The molecule has 0 saturated carbocycles. The first kappa shape index (κ1) is 22.2. The van der Waals surface area contributed by atoms with E-state index in [1.807, 2.05) is 36.0 Å². The van der Waals surface area contributed by atoms with E-state index in [1.165, 1.54) is 0 Å². The van der Waals surface area contributed by atoms with E-state index < -0.39 is 0 Å². The number of pyridine rings is 2. The largest absolute Gasteiger partial charge is 0.494 e. The Morgan fingerprint density at radius 1 is 1.03 bits per heavy atom. The molecule has 10 nitrogen and oxygen atoms in total. The van der Waals surface area contributed by atoms with Gasteiger partial charge in [0, 0.05) is 61.8 Å². The van der Waals surface area contributed by atoms with Gasteiger partial charge in [-0.3, -0.25) is 9.67 Å². The van der Waals surface area contributed by atoms with Gasteiger partial charge in [0.1, 0.15) is 17.4 Å². The Bertz CT molecular complexity index is 1570. The third-order valence-corrected chi connectivity index (χ3v) is 6.61. The molecule has 0 spiro atoms. The maximum atomic E-state index is 5.62. The highest BCUT2D eigenvalue weighted by Gasteiger charge is 2.21. The Balaban J connectivity index is 1.39. The minimum absolute atomic E-state index is 0.618. The van der Waals surface area contributed by atoms with Gasteiger partial charge in [0.2, 0.25) is 0 Å². The summed E-state index contributed by atoms with van der Waals surface area (Å²) in [5.41, 5.74) is 4.60. The topological polar surface area (TPSA) is 106 Å². The first-order chi connectivity index (χ1) is 17.6. The number of aromatic nitrogens is 6. The normalized spacial score (nSPS) is 13.9. The number of nitrogens with zero attached hydrogens (tertiary/aromatic N) is 7. The van der Waals surface area contributed by atoms with Gasteiger partial charge < -0.3 is 20.3 Å². The third-order valence-electron chi connectivity index (χ3n) is 6.61. The van der Waals surface area contributed by atoms with Gasteiger partial charge in [-0.2, -0.15) is 5.10 Å². The molecule has 6 rings (SSSR count). The number of rotatable bonds is 5. The van der Waals surface area contributed by atoms with Crippen molar-refractivity contribution in [1.82, 2.24) is 35.0 Å². The minimum Gasteiger partial charge on any atom is -0.494 e. The van der Waals surface area contributed by atoms with Crippen molar-refractivity contribution in [2.45, 2.75) is 6.92 Å². The second-order valence-corrected chi connectivity index (χ2v) is 8.84. The van der Waals surface area contributed by atoms with E-state index in [4.69, 9.17) is 14.7 Å². The van der Waals surface area contributed by atoms with Crippen molar-refractivity contribution in [3.8, 4) is 17.1 Å². The van der Waals surface area contributed by atoms with Crippen molar-refractivity contribution in [2.75, 3.05) is 43.5 Å². The molecule has 0 bridgehead atoms. The lowest BCUT2D eigenvalue weighted by Gasteiger charge is -2.29. The van der Waals surface area contributed by atoms with Crippen molar-refractivity contribution in [2.24, 2.45) is 7.05 Å². The molecule has 0 amide bonds. The Morgan fingerprint density at radius 2 is 1.89 bits per heavy atom. The van der Waals surface area contributed by atoms with Crippen LogP contribution in [0.4, 0.5) is 17.3 Å². The van der Waals surface area contributed by atoms with Crippen LogP contribution >= 0.6 is 0 Å². The Labute approximate surface area is 208 Å². The molecule has 1 aromatic carbocycles. The molecule has 1 saturated heterocycles. The molecule has 0 atom stereocenters. The molecular formula is C26H27N9O. The number of benzene rings is 1. The van der Waals surface area contributed by atoms with E-state index in [2.05, 4.69) is 43.6 Å². The summed E-state index contributed by atoms with van der Waals surface area (Å²) in [7, 11) is 3.60. The van der Waals surface area contributed by atoms with Crippen LogP contribution in [0.15, 0.2) is 48.9 Å². The van der Waals surface area contributed by atoms with Crippen molar-refractivity contribution >= 4 is 39.1 Å². The summed E-state index contributed by atoms with van der Waals surface area (Å²) >= 11 is 0. The molecule has 0 unspecified atom stereocenters. The minimum atomic E-state index is 0.618. The predicted octanol–water partition coefficient (Wildman–Crippen LogP) is 3.44. The number of hydrogen-bond acceptors (Lipinski definition) is 9. The summed E-state index contributed by atoms with van der Waals surface area (Å²) in [6.07, 6.45) is 5.24. The highest BCUT2D eigenvalue weighted by atomic mass is 16.5. The SMILES string of the molecule is COc1cncc2nc(-c3ccnc(Nc4ccc5c(C)n(C)nc5c4)c3)nc(N3CCNCC3)c12. The molecule has 10 heteroatoms. The standard InChI is InChI=1S/C26H27N9O/c1-16-19-5-4-18(13-20(19)33-34(16)2)30-23-12-17(6-7-29-23)25-31-21-14-28-15-22(36-3)24(21)26(32-25)35-10-8-27-9-11-35/h4-7,12-15,27H,8-11H2,1-3H3,(H,29,30). The van der Waals surface area contributed by atoms with Gasteiger partial charge in [-0.25, -0.2) is 15.0 Å². The fourth-order valence-electron chi connectivity index (χ4n) is 4.62. The summed E-state index contributed by atoms with van der Waals surface area (Å²) in [6, 6.07) is 10.0. The average molecular weight is 482 g/mol. The molecule has 5 aromatic rings. The zero-order chi connectivity index (χ0) is 24.6. The van der Waals surface area contributed by atoms with Crippen LogP contribution in [-0.4, -0.2) is 63.0 Å². The average Bonchev–Trinajstić information content (AvgIpc) is 3.20. The lowest BCUT2D eigenvalue weighted by Crippen LogP contribution is -2.44. The van der Waals surface area contributed by atoms with E-state index in [0.717, 1.165) is 70.7 Å². The number of ether oxygens (including phenoxy) is 1. The summed E-state index contributed by atoms with van der Waals surface area (Å²) < 4.78 is 7.51. The van der Waals surface area contributed by atoms with E-state index >= 15 is 0 Å². The van der Waals surface area contributed by atoms with Crippen LogP contribution in [0.3, 0.4) is 0 Å². The lowest BCUT2D eigenvalue weighted by atomic mass is 10.2. The second-order valence-electron chi connectivity index (χ2n) is 8.84.